The van der Waals surface area contributed by atoms with Crippen molar-refractivity contribution in [1.82, 2.24) is 0 Å². The molecule has 1 aromatic carbocycles. The quantitative estimate of drug-likeness (QED) is 0.440. The summed E-state index contributed by atoms with van der Waals surface area (Å²) >= 11 is 0. The second-order valence-electron chi connectivity index (χ2n) is 9.50. The van der Waals surface area contributed by atoms with Gasteiger partial charge in [0, 0.05) is 29.3 Å². The summed E-state index contributed by atoms with van der Waals surface area (Å²) in [6, 6.07) is 6.93. The van der Waals surface area contributed by atoms with Gasteiger partial charge in [-0.3, -0.25) is 14.6 Å². The monoisotopic (exact) mass is 439 g/mol. The molecule has 0 N–H and O–H groups in total. The molecular weight excluding hydrogens is 406 g/mol. The number of hydrogen-bond donors (Lipinski definition) is 0. The molecule has 32 heavy (non-hydrogen) atoms. The van der Waals surface area contributed by atoms with Crippen LogP contribution in [0.25, 0.3) is 0 Å². The number of unbranched alkanes of at least 4 members (excludes halogenated alkanes) is 2. The van der Waals surface area contributed by atoms with E-state index in [9.17, 15) is 14.4 Å². The number of ketones is 1. The van der Waals surface area contributed by atoms with E-state index in [0.717, 1.165) is 30.5 Å². The van der Waals surface area contributed by atoms with E-state index in [1.807, 2.05) is 6.92 Å². The fourth-order valence-electron chi connectivity index (χ4n) is 4.67. The predicted octanol–water partition coefficient (Wildman–Crippen LogP) is 5.02. The van der Waals surface area contributed by atoms with Crippen LogP contribution in [-0.4, -0.2) is 37.2 Å². The molecule has 0 radical (unpaired) electrons. The summed E-state index contributed by atoms with van der Waals surface area (Å²) in [7, 11) is 1.33. The number of esters is 2. The molecule has 6 heteroatoms. The number of carbonyl (C=O) groups is 3. The van der Waals surface area contributed by atoms with Gasteiger partial charge < -0.3 is 9.47 Å². The van der Waals surface area contributed by atoms with Gasteiger partial charge >= 0.3 is 11.9 Å². The average Bonchev–Trinajstić information content (AvgIpc) is 2.74. The van der Waals surface area contributed by atoms with E-state index in [-0.39, 0.29) is 17.2 Å². The molecule has 2 aliphatic rings. The fraction of sp³-hybridized carbons (Fsp3) is 0.538. The maximum Gasteiger partial charge on any atom is 0.337 e. The van der Waals surface area contributed by atoms with Crippen LogP contribution in [0.15, 0.2) is 40.5 Å². The van der Waals surface area contributed by atoms with Crippen molar-refractivity contribution < 1.29 is 23.9 Å². The number of aliphatic imine (C=N–C) groups is 1. The minimum absolute atomic E-state index is 0.0262. The van der Waals surface area contributed by atoms with E-state index in [4.69, 9.17) is 14.5 Å². The smallest absolute Gasteiger partial charge is 0.337 e. The van der Waals surface area contributed by atoms with Crippen LogP contribution in [0.1, 0.15) is 81.6 Å². The molecule has 1 aliphatic carbocycles. The van der Waals surface area contributed by atoms with E-state index < -0.39 is 17.8 Å². The SMILES string of the molecule is CCCCCOC(=O)C1C(C)=NC2=C(C(=O)CC(C)(C)C2)[C@@H]1c1ccc(C(=O)OC)cc1. The summed E-state index contributed by atoms with van der Waals surface area (Å²) in [5.41, 5.74) is 3.07. The third-order valence-electron chi connectivity index (χ3n) is 6.24. The molecule has 3 rings (SSSR count). The predicted molar refractivity (Wildman–Crippen MR) is 123 cm³/mol. The molecule has 0 saturated carbocycles. The van der Waals surface area contributed by atoms with Crippen molar-refractivity contribution in [1.29, 1.82) is 0 Å². The van der Waals surface area contributed by atoms with Crippen molar-refractivity contribution in [3.05, 3.63) is 46.7 Å². The minimum atomic E-state index is -0.662. The highest BCUT2D eigenvalue weighted by Crippen LogP contribution is 2.47. The molecule has 0 fully saturated rings. The lowest BCUT2D eigenvalue weighted by Crippen LogP contribution is -2.39. The molecule has 0 saturated heterocycles. The average molecular weight is 440 g/mol. The van der Waals surface area contributed by atoms with E-state index in [1.54, 1.807) is 24.3 Å². The zero-order valence-electron chi connectivity index (χ0n) is 19.7. The van der Waals surface area contributed by atoms with E-state index >= 15 is 0 Å². The summed E-state index contributed by atoms with van der Waals surface area (Å²) in [5.74, 6) is -1.90. The van der Waals surface area contributed by atoms with Crippen LogP contribution >= 0.6 is 0 Å². The summed E-state index contributed by atoms with van der Waals surface area (Å²) in [5, 5.41) is 0. The van der Waals surface area contributed by atoms with E-state index in [0.29, 0.717) is 36.3 Å². The van der Waals surface area contributed by atoms with Crippen LogP contribution in [0.5, 0.6) is 0 Å². The largest absolute Gasteiger partial charge is 0.465 e. The molecule has 1 heterocycles. The molecule has 0 spiro atoms. The van der Waals surface area contributed by atoms with Crippen molar-refractivity contribution in [2.24, 2.45) is 16.3 Å². The maximum absolute atomic E-state index is 13.3. The zero-order chi connectivity index (χ0) is 23.5. The second kappa shape index (κ2) is 9.80. The lowest BCUT2D eigenvalue weighted by atomic mass is 9.67. The van der Waals surface area contributed by atoms with Gasteiger partial charge in [-0.15, -0.1) is 0 Å². The molecule has 1 unspecified atom stereocenters. The van der Waals surface area contributed by atoms with Gasteiger partial charge in [-0.1, -0.05) is 45.7 Å². The third-order valence-corrected chi connectivity index (χ3v) is 6.24. The summed E-state index contributed by atoms with van der Waals surface area (Å²) in [4.78, 5) is 43.0. The Morgan fingerprint density at radius 3 is 2.44 bits per heavy atom. The second-order valence-corrected chi connectivity index (χ2v) is 9.50. The van der Waals surface area contributed by atoms with Gasteiger partial charge in [0.1, 0.15) is 5.92 Å². The Morgan fingerprint density at radius 1 is 1.12 bits per heavy atom. The van der Waals surface area contributed by atoms with Crippen LogP contribution in [0.3, 0.4) is 0 Å². The third kappa shape index (κ3) is 5.00. The number of carbonyl (C=O) groups excluding carboxylic acids is 3. The van der Waals surface area contributed by atoms with Gasteiger partial charge in [-0.05, 0) is 42.9 Å². The highest BCUT2D eigenvalue weighted by molar-refractivity contribution is 6.09. The Morgan fingerprint density at radius 2 is 1.81 bits per heavy atom. The highest BCUT2D eigenvalue weighted by atomic mass is 16.5. The maximum atomic E-state index is 13.3. The van der Waals surface area contributed by atoms with Crippen molar-refractivity contribution in [3.63, 3.8) is 0 Å². The van der Waals surface area contributed by atoms with Crippen LogP contribution in [0, 0.1) is 11.3 Å². The first kappa shape index (κ1) is 23.9. The Balaban J connectivity index is 2.02. The molecule has 6 nitrogen and oxygen atoms in total. The Labute approximate surface area is 190 Å². The van der Waals surface area contributed by atoms with Crippen molar-refractivity contribution in [3.8, 4) is 0 Å². The number of rotatable bonds is 7. The van der Waals surface area contributed by atoms with Crippen LogP contribution < -0.4 is 0 Å². The molecule has 0 amide bonds. The number of hydrogen-bond acceptors (Lipinski definition) is 6. The molecule has 0 bridgehead atoms. The van der Waals surface area contributed by atoms with Crippen molar-refractivity contribution in [2.45, 2.75) is 65.7 Å². The van der Waals surface area contributed by atoms with Gasteiger partial charge in [0.25, 0.3) is 0 Å². The van der Waals surface area contributed by atoms with Crippen molar-refractivity contribution in [2.75, 3.05) is 13.7 Å². The van der Waals surface area contributed by atoms with E-state index in [2.05, 4.69) is 20.8 Å². The molecule has 1 aliphatic heterocycles. The topological polar surface area (TPSA) is 82.0 Å². The minimum Gasteiger partial charge on any atom is -0.465 e. The Kier molecular flexibility index (Phi) is 7.32. The lowest BCUT2D eigenvalue weighted by Gasteiger charge is -2.39. The zero-order valence-corrected chi connectivity index (χ0v) is 19.7. The van der Waals surface area contributed by atoms with Gasteiger partial charge in [-0.2, -0.15) is 0 Å². The molecule has 172 valence electrons. The summed E-state index contributed by atoms with van der Waals surface area (Å²) in [6.07, 6.45) is 3.93. The highest BCUT2D eigenvalue weighted by Gasteiger charge is 2.46. The molecule has 2 atom stereocenters. The number of ether oxygens (including phenoxy) is 2. The standard InChI is InChI=1S/C26H33NO5/c1-6-7-8-13-32-25(30)21-16(2)27-19-14-26(3,4)15-20(28)23(19)22(21)17-9-11-18(12-10-17)24(29)31-5/h9-12,21-22H,6-8,13-15H2,1-5H3/t21?,22-/m1/s1. The van der Waals surface area contributed by atoms with Crippen LogP contribution in [0.4, 0.5) is 0 Å². The normalized spacial score (nSPS) is 22.2. The Bertz CT molecular complexity index is 955. The van der Waals surface area contributed by atoms with Crippen LogP contribution in [0.2, 0.25) is 0 Å². The number of benzene rings is 1. The number of nitrogens with zero attached hydrogens (tertiary/aromatic N) is 1. The first-order chi connectivity index (χ1) is 15.2. The van der Waals surface area contributed by atoms with Gasteiger partial charge in [-0.25, -0.2) is 4.79 Å². The molecule has 0 aromatic heterocycles. The lowest BCUT2D eigenvalue weighted by molar-refractivity contribution is -0.146. The number of methoxy groups -OCH3 is 1. The first-order valence-corrected chi connectivity index (χ1v) is 11.3. The number of allylic oxidation sites excluding steroid dienone is 2. The van der Waals surface area contributed by atoms with E-state index in [1.165, 1.54) is 7.11 Å². The van der Waals surface area contributed by atoms with Crippen LogP contribution in [-0.2, 0) is 19.1 Å². The molecule has 1 aromatic rings. The van der Waals surface area contributed by atoms with Gasteiger partial charge in [0.05, 0.1) is 19.3 Å². The first-order valence-electron chi connectivity index (χ1n) is 11.3. The number of Topliss-reactive ketones (excluding diaryl/α,β-unsaturated/α-hetero) is 1. The van der Waals surface area contributed by atoms with Gasteiger partial charge in [0.2, 0.25) is 0 Å². The van der Waals surface area contributed by atoms with Crippen molar-refractivity contribution >= 4 is 23.4 Å². The van der Waals surface area contributed by atoms with Gasteiger partial charge in [0.15, 0.2) is 5.78 Å². The fourth-order valence-corrected chi connectivity index (χ4v) is 4.67. The Hall–Kier alpha value is -2.76. The molecular formula is C26H33NO5. The summed E-state index contributed by atoms with van der Waals surface area (Å²) in [6.45, 7) is 8.42. The summed E-state index contributed by atoms with van der Waals surface area (Å²) < 4.78 is 10.4.